The van der Waals surface area contributed by atoms with Gasteiger partial charge in [-0.2, -0.15) is 5.26 Å². The molecule has 0 saturated heterocycles. The maximum atomic E-state index is 8.96. The molecule has 0 radical (unpaired) electrons. The minimum atomic E-state index is 0.0453. The summed E-state index contributed by atoms with van der Waals surface area (Å²) in [6.45, 7) is 0.476. The number of hydrogen-bond donors (Lipinski definition) is 2. The van der Waals surface area contributed by atoms with Crippen molar-refractivity contribution in [1.29, 1.82) is 5.26 Å². The fraction of sp³-hybridized carbons (Fsp3) is 0.455. The lowest BCUT2D eigenvalue weighted by Gasteiger charge is -2.08. The van der Waals surface area contributed by atoms with Crippen molar-refractivity contribution in [2.75, 3.05) is 18.5 Å². The molecule has 1 aromatic heterocycles. The number of nitrogens with zero attached hydrogens (tertiary/aromatic N) is 2. The number of aryl methyl sites for hydroxylation is 2. The molecule has 0 bridgehead atoms. The van der Waals surface area contributed by atoms with Gasteiger partial charge in [-0.25, -0.2) is 4.98 Å². The van der Waals surface area contributed by atoms with E-state index in [1.807, 2.05) is 6.07 Å². The fourth-order valence-electron chi connectivity index (χ4n) is 1.87. The third-order valence-corrected chi connectivity index (χ3v) is 2.58. The molecule has 1 heterocycles. The molecule has 15 heavy (non-hydrogen) atoms. The lowest BCUT2D eigenvalue weighted by atomic mass is 10.1. The summed E-state index contributed by atoms with van der Waals surface area (Å²) in [4.78, 5) is 4.42. The van der Waals surface area contributed by atoms with Crippen molar-refractivity contribution < 1.29 is 5.11 Å². The van der Waals surface area contributed by atoms with E-state index in [2.05, 4.69) is 16.4 Å². The number of hydrogen-bond acceptors (Lipinski definition) is 4. The quantitative estimate of drug-likeness (QED) is 0.764. The summed E-state index contributed by atoms with van der Waals surface area (Å²) in [6.07, 6.45) is 3.14. The van der Waals surface area contributed by atoms with E-state index in [0.717, 1.165) is 25.0 Å². The fourth-order valence-corrected chi connectivity index (χ4v) is 1.87. The first kappa shape index (κ1) is 9.94. The average Bonchev–Trinajstić information content (AvgIpc) is 2.71. The van der Waals surface area contributed by atoms with Gasteiger partial charge in [-0.15, -0.1) is 0 Å². The van der Waals surface area contributed by atoms with Crippen LogP contribution in [0.25, 0.3) is 0 Å². The van der Waals surface area contributed by atoms with Crippen molar-refractivity contribution in [3.8, 4) is 6.07 Å². The minimum Gasteiger partial charge on any atom is -0.395 e. The van der Waals surface area contributed by atoms with Crippen LogP contribution < -0.4 is 5.32 Å². The first-order valence-corrected chi connectivity index (χ1v) is 5.13. The SMILES string of the molecule is N#Cc1cc2c(nc1NCCO)CCC2. The van der Waals surface area contributed by atoms with Gasteiger partial charge < -0.3 is 10.4 Å². The smallest absolute Gasteiger partial charge is 0.144 e. The van der Waals surface area contributed by atoms with Gasteiger partial charge in [0.25, 0.3) is 0 Å². The van der Waals surface area contributed by atoms with Crippen molar-refractivity contribution in [3.63, 3.8) is 0 Å². The molecule has 1 aromatic rings. The molecule has 0 fully saturated rings. The summed E-state index contributed by atoms with van der Waals surface area (Å²) >= 11 is 0. The van der Waals surface area contributed by atoms with Gasteiger partial charge in [0.05, 0.1) is 12.2 Å². The second-order valence-corrected chi connectivity index (χ2v) is 3.61. The van der Waals surface area contributed by atoms with E-state index in [1.54, 1.807) is 0 Å². The molecule has 0 aliphatic heterocycles. The molecule has 0 unspecified atom stereocenters. The van der Waals surface area contributed by atoms with Crippen molar-refractivity contribution in [2.45, 2.75) is 19.3 Å². The monoisotopic (exact) mass is 203 g/mol. The normalized spacial score (nSPS) is 13.3. The first-order chi connectivity index (χ1) is 7.35. The molecule has 0 saturated carbocycles. The van der Waals surface area contributed by atoms with E-state index >= 15 is 0 Å². The molecular weight excluding hydrogens is 190 g/mol. The number of anilines is 1. The molecule has 78 valence electrons. The van der Waals surface area contributed by atoms with Crippen molar-refractivity contribution in [2.24, 2.45) is 0 Å². The number of aromatic nitrogens is 1. The van der Waals surface area contributed by atoms with Crippen LogP contribution in [-0.4, -0.2) is 23.2 Å². The summed E-state index contributed by atoms with van der Waals surface area (Å²) < 4.78 is 0. The maximum absolute atomic E-state index is 8.96. The van der Waals surface area contributed by atoms with E-state index < -0.39 is 0 Å². The summed E-state index contributed by atoms with van der Waals surface area (Å²) in [5.74, 6) is 0.604. The van der Waals surface area contributed by atoms with Gasteiger partial charge in [0.15, 0.2) is 0 Å². The Morgan fingerprint density at radius 2 is 2.40 bits per heavy atom. The molecule has 2 rings (SSSR count). The van der Waals surface area contributed by atoms with Crippen LogP contribution in [0.15, 0.2) is 6.07 Å². The zero-order chi connectivity index (χ0) is 10.7. The molecule has 1 aliphatic rings. The lowest BCUT2D eigenvalue weighted by molar-refractivity contribution is 0.311. The summed E-state index contributed by atoms with van der Waals surface area (Å²) in [5.41, 5.74) is 2.86. The van der Waals surface area contributed by atoms with Crippen LogP contribution in [0.3, 0.4) is 0 Å². The maximum Gasteiger partial charge on any atom is 0.144 e. The van der Waals surface area contributed by atoms with Gasteiger partial charge in [-0.05, 0) is 30.9 Å². The van der Waals surface area contributed by atoms with Crippen LogP contribution in [0, 0.1) is 11.3 Å². The lowest BCUT2D eigenvalue weighted by Crippen LogP contribution is -2.09. The van der Waals surface area contributed by atoms with Crippen LogP contribution in [0.1, 0.15) is 23.2 Å². The van der Waals surface area contributed by atoms with Gasteiger partial charge in [0.1, 0.15) is 11.9 Å². The zero-order valence-corrected chi connectivity index (χ0v) is 8.45. The van der Waals surface area contributed by atoms with Crippen LogP contribution >= 0.6 is 0 Å². The van der Waals surface area contributed by atoms with Gasteiger partial charge >= 0.3 is 0 Å². The van der Waals surface area contributed by atoms with E-state index in [1.165, 1.54) is 5.56 Å². The van der Waals surface area contributed by atoms with Crippen molar-refractivity contribution in [3.05, 3.63) is 22.9 Å². The minimum absolute atomic E-state index is 0.0453. The van der Waals surface area contributed by atoms with Gasteiger partial charge in [0, 0.05) is 12.2 Å². The Kier molecular flexibility index (Phi) is 2.84. The highest BCUT2D eigenvalue weighted by atomic mass is 16.3. The largest absolute Gasteiger partial charge is 0.395 e. The molecule has 2 N–H and O–H groups in total. The molecule has 4 nitrogen and oxygen atoms in total. The highest BCUT2D eigenvalue weighted by molar-refractivity contribution is 5.55. The number of fused-ring (bicyclic) bond motifs is 1. The third kappa shape index (κ3) is 1.92. The first-order valence-electron chi connectivity index (χ1n) is 5.13. The predicted octanol–water partition coefficient (Wildman–Crippen LogP) is 0.846. The summed E-state index contributed by atoms with van der Waals surface area (Å²) in [5, 5.41) is 20.6. The molecule has 0 amide bonds. The summed E-state index contributed by atoms with van der Waals surface area (Å²) in [7, 11) is 0. The molecule has 1 aliphatic carbocycles. The van der Waals surface area contributed by atoms with E-state index in [-0.39, 0.29) is 6.61 Å². The van der Waals surface area contributed by atoms with E-state index in [0.29, 0.717) is 17.9 Å². The zero-order valence-electron chi connectivity index (χ0n) is 8.45. The number of nitrogens with one attached hydrogen (secondary N) is 1. The Morgan fingerprint density at radius 3 is 3.13 bits per heavy atom. The Hall–Kier alpha value is -1.60. The van der Waals surface area contributed by atoms with Gasteiger partial charge in [-0.1, -0.05) is 0 Å². The molecular formula is C11H13N3O. The second kappa shape index (κ2) is 4.28. The average molecular weight is 203 g/mol. The van der Waals surface area contributed by atoms with Gasteiger partial charge in [0.2, 0.25) is 0 Å². The third-order valence-electron chi connectivity index (χ3n) is 2.58. The van der Waals surface area contributed by atoms with Crippen LogP contribution in [-0.2, 0) is 12.8 Å². The summed E-state index contributed by atoms with van der Waals surface area (Å²) in [6, 6.07) is 4.04. The topological polar surface area (TPSA) is 68.9 Å². The predicted molar refractivity (Wildman–Crippen MR) is 56.6 cm³/mol. The van der Waals surface area contributed by atoms with Crippen LogP contribution in [0.5, 0.6) is 0 Å². The number of nitriles is 1. The Morgan fingerprint density at radius 1 is 1.53 bits per heavy atom. The standard InChI is InChI=1S/C11H13N3O/c12-7-9-6-8-2-1-3-10(8)14-11(9)13-4-5-15/h6,15H,1-5H2,(H,13,14). The number of rotatable bonds is 3. The molecule has 0 aromatic carbocycles. The van der Waals surface area contributed by atoms with Crippen molar-refractivity contribution in [1.82, 2.24) is 4.98 Å². The Bertz CT molecular complexity index is 409. The highest BCUT2D eigenvalue weighted by Crippen LogP contribution is 2.24. The number of aliphatic hydroxyl groups is 1. The van der Waals surface area contributed by atoms with Gasteiger partial charge in [-0.3, -0.25) is 0 Å². The van der Waals surface area contributed by atoms with E-state index in [4.69, 9.17) is 10.4 Å². The number of pyridine rings is 1. The second-order valence-electron chi connectivity index (χ2n) is 3.61. The van der Waals surface area contributed by atoms with Crippen LogP contribution in [0.2, 0.25) is 0 Å². The van der Waals surface area contributed by atoms with E-state index in [9.17, 15) is 0 Å². The highest BCUT2D eigenvalue weighted by Gasteiger charge is 2.15. The Balaban J connectivity index is 2.32. The number of aliphatic hydroxyl groups excluding tert-OH is 1. The molecule has 0 spiro atoms. The Labute approximate surface area is 88.6 Å². The van der Waals surface area contributed by atoms with Crippen LogP contribution in [0.4, 0.5) is 5.82 Å². The molecule has 0 atom stereocenters. The van der Waals surface area contributed by atoms with Crippen molar-refractivity contribution >= 4 is 5.82 Å². The molecule has 4 heteroatoms.